The average Bonchev–Trinajstić information content (AvgIpc) is 2.87. The molecule has 18 heavy (non-hydrogen) atoms. The van der Waals surface area contributed by atoms with Crippen LogP contribution in [-0.2, 0) is 0 Å². The van der Waals surface area contributed by atoms with Crippen LogP contribution in [0.1, 0.15) is 17.2 Å². The summed E-state index contributed by atoms with van der Waals surface area (Å²) in [6, 6.07) is 15.4. The topological polar surface area (TPSA) is 20.2 Å². The van der Waals surface area contributed by atoms with E-state index >= 15 is 0 Å². The van der Waals surface area contributed by atoms with Gasteiger partial charge >= 0.3 is 0 Å². The minimum absolute atomic E-state index is 0.607. The molecule has 1 heterocycles. The first-order valence-corrected chi connectivity index (χ1v) is 6.91. The van der Waals surface area contributed by atoms with E-state index in [0.29, 0.717) is 5.02 Å². The Morgan fingerprint density at radius 3 is 2.56 bits per heavy atom. The molecule has 2 aromatic carbocycles. The Kier molecular flexibility index (Phi) is 3.08. The number of aliphatic hydroxyl groups is 1. The Morgan fingerprint density at radius 1 is 1.00 bits per heavy atom. The van der Waals surface area contributed by atoms with Crippen molar-refractivity contribution in [2.75, 3.05) is 0 Å². The molecule has 0 aliphatic carbocycles. The third-order valence-electron chi connectivity index (χ3n) is 2.99. The molecule has 0 aliphatic rings. The maximum absolute atomic E-state index is 10.5. The molecule has 0 amide bonds. The van der Waals surface area contributed by atoms with Gasteiger partial charge in [0.2, 0.25) is 0 Å². The molecule has 1 N–H and O–H groups in total. The van der Waals surface area contributed by atoms with Crippen molar-refractivity contribution in [1.29, 1.82) is 0 Å². The standard InChI is InChI=1S/C15H11ClOS/c16-12-6-4-10(5-7-12)14(17)13-3-1-2-11-8-9-18-15(11)13/h1-9,14,17H. The van der Waals surface area contributed by atoms with Crippen molar-refractivity contribution in [2.24, 2.45) is 0 Å². The van der Waals surface area contributed by atoms with Crippen molar-refractivity contribution >= 4 is 33.0 Å². The van der Waals surface area contributed by atoms with Crippen molar-refractivity contribution in [3.05, 3.63) is 70.1 Å². The Morgan fingerprint density at radius 2 is 1.78 bits per heavy atom. The number of fused-ring (bicyclic) bond motifs is 1. The largest absolute Gasteiger partial charge is 0.384 e. The minimum atomic E-state index is -0.607. The fraction of sp³-hybridized carbons (Fsp3) is 0.0667. The Bertz CT molecular complexity index is 672. The van der Waals surface area contributed by atoms with E-state index < -0.39 is 6.10 Å². The summed E-state index contributed by atoms with van der Waals surface area (Å²) in [6.45, 7) is 0. The number of hydrogen-bond donors (Lipinski definition) is 1. The monoisotopic (exact) mass is 274 g/mol. The van der Waals surface area contributed by atoms with Crippen LogP contribution in [0, 0.1) is 0 Å². The SMILES string of the molecule is OC(c1ccc(Cl)cc1)c1cccc2ccsc12. The highest BCUT2D eigenvalue weighted by atomic mass is 35.5. The van der Waals surface area contributed by atoms with E-state index in [1.165, 1.54) is 5.39 Å². The van der Waals surface area contributed by atoms with E-state index in [9.17, 15) is 5.11 Å². The lowest BCUT2D eigenvalue weighted by Gasteiger charge is -2.12. The third-order valence-corrected chi connectivity index (χ3v) is 4.22. The highest BCUT2D eigenvalue weighted by molar-refractivity contribution is 7.17. The normalized spacial score (nSPS) is 12.8. The summed E-state index contributed by atoms with van der Waals surface area (Å²) in [5.41, 5.74) is 1.81. The fourth-order valence-electron chi connectivity index (χ4n) is 2.06. The van der Waals surface area contributed by atoms with Crippen LogP contribution in [0.15, 0.2) is 53.9 Å². The van der Waals surface area contributed by atoms with Gasteiger partial charge in [-0.05, 0) is 34.5 Å². The summed E-state index contributed by atoms with van der Waals surface area (Å²) in [5, 5.41) is 14.4. The van der Waals surface area contributed by atoms with E-state index in [0.717, 1.165) is 15.8 Å². The van der Waals surface area contributed by atoms with Crippen LogP contribution in [0.4, 0.5) is 0 Å². The molecule has 1 nitrogen and oxygen atoms in total. The molecule has 0 saturated heterocycles. The second-order valence-corrected chi connectivity index (χ2v) is 5.49. The zero-order chi connectivity index (χ0) is 12.5. The van der Waals surface area contributed by atoms with Gasteiger partial charge in [-0.1, -0.05) is 41.9 Å². The molecular weight excluding hydrogens is 264 g/mol. The Hall–Kier alpha value is -1.35. The first kappa shape index (κ1) is 11.7. The molecule has 0 saturated carbocycles. The smallest absolute Gasteiger partial charge is 0.105 e. The molecule has 0 bridgehead atoms. The molecule has 0 spiro atoms. The van der Waals surface area contributed by atoms with Gasteiger partial charge in [0, 0.05) is 15.3 Å². The number of rotatable bonds is 2. The second kappa shape index (κ2) is 4.73. The molecule has 0 aliphatic heterocycles. The Balaban J connectivity index is 2.08. The van der Waals surface area contributed by atoms with Gasteiger partial charge in [0.25, 0.3) is 0 Å². The van der Waals surface area contributed by atoms with Gasteiger partial charge in [-0.2, -0.15) is 0 Å². The summed E-state index contributed by atoms with van der Waals surface area (Å²) in [6.07, 6.45) is -0.607. The van der Waals surface area contributed by atoms with Crippen LogP contribution < -0.4 is 0 Å². The van der Waals surface area contributed by atoms with Crippen molar-refractivity contribution in [3.63, 3.8) is 0 Å². The molecule has 0 radical (unpaired) electrons. The van der Waals surface area contributed by atoms with Crippen molar-refractivity contribution in [2.45, 2.75) is 6.10 Å². The molecule has 3 aromatic rings. The lowest BCUT2D eigenvalue weighted by Crippen LogP contribution is -1.99. The number of thiophene rings is 1. The molecular formula is C15H11ClOS. The van der Waals surface area contributed by atoms with E-state index in [4.69, 9.17) is 11.6 Å². The first-order chi connectivity index (χ1) is 8.75. The predicted octanol–water partition coefficient (Wildman–Crippen LogP) is 4.64. The van der Waals surface area contributed by atoms with E-state index in [1.54, 1.807) is 23.5 Å². The quantitative estimate of drug-likeness (QED) is 0.722. The number of benzene rings is 2. The third kappa shape index (κ3) is 2.03. The molecule has 90 valence electrons. The number of aliphatic hydroxyl groups excluding tert-OH is 1. The Labute approximate surface area is 114 Å². The predicted molar refractivity (Wildman–Crippen MR) is 77.3 cm³/mol. The molecule has 3 heteroatoms. The van der Waals surface area contributed by atoms with Gasteiger partial charge in [0.05, 0.1) is 0 Å². The highest BCUT2D eigenvalue weighted by Gasteiger charge is 2.13. The number of hydrogen-bond acceptors (Lipinski definition) is 2. The second-order valence-electron chi connectivity index (χ2n) is 4.14. The molecule has 1 unspecified atom stereocenters. The maximum atomic E-state index is 10.5. The van der Waals surface area contributed by atoms with Crippen LogP contribution in [-0.4, -0.2) is 5.11 Å². The van der Waals surface area contributed by atoms with Gasteiger partial charge in [-0.3, -0.25) is 0 Å². The fourth-order valence-corrected chi connectivity index (χ4v) is 3.12. The van der Waals surface area contributed by atoms with E-state index in [1.807, 2.05) is 29.6 Å². The average molecular weight is 275 g/mol. The van der Waals surface area contributed by atoms with Crippen molar-refractivity contribution < 1.29 is 5.11 Å². The van der Waals surface area contributed by atoms with Crippen LogP contribution in [0.2, 0.25) is 5.02 Å². The summed E-state index contributed by atoms with van der Waals surface area (Å²) < 4.78 is 1.14. The minimum Gasteiger partial charge on any atom is -0.384 e. The van der Waals surface area contributed by atoms with Crippen LogP contribution in [0.5, 0.6) is 0 Å². The van der Waals surface area contributed by atoms with Crippen LogP contribution in [0.3, 0.4) is 0 Å². The van der Waals surface area contributed by atoms with Gasteiger partial charge < -0.3 is 5.11 Å². The summed E-state index contributed by atoms with van der Waals surface area (Å²) in [7, 11) is 0. The van der Waals surface area contributed by atoms with E-state index in [2.05, 4.69) is 12.1 Å². The van der Waals surface area contributed by atoms with Gasteiger partial charge in [-0.25, -0.2) is 0 Å². The molecule has 1 aromatic heterocycles. The van der Waals surface area contributed by atoms with E-state index in [-0.39, 0.29) is 0 Å². The molecule has 1 atom stereocenters. The van der Waals surface area contributed by atoms with Crippen molar-refractivity contribution in [1.82, 2.24) is 0 Å². The summed E-state index contributed by atoms with van der Waals surface area (Å²) in [5.74, 6) is 0. The van der Waals surface area contributed by atoms with Gasteiger partial charge in [0.15, 0.2) is 0 Å². The van der Waals surface area contributed by atoms with Crippen LogP contribution >= 0.6 is 22.9 Å². The van der Waals surface area contributed by atoms with Gasteiger partial charge in [0.1, 0.15) is 6.10 Å². The highest BCUT2D eigenvalue weighted by Crippen LogP contribution is 2.32. The maximum Gasteiger partial charge on any atom is 0.105 e. The van der Waals surface area contributed by atoms with Gasteiger partial charge in [-0.15, -0.1) is 11.3 Å². The summed E-state index contributed by atoms with van der Waals surface area (Å²) in [4.78, 5) is 0. The number of halogens is 1. The summed E-state index contributed by atoms with van der Waals surface area (Å²) >= 11 is 7.51. The van der Waals surface area contributed by atoms with Crippen LogP contribution in [0.25, 0.3) is 10.1 Å². The molecule has 3 rings (SSSR count). The lowest BCUT2D eigenvalue weighted by molar-refractivity contribution is 0.222. The lowest BCUT2D eigenvalue weighted by atomic mass is 10.0. The zero-order valence-corrected chi connectivity index (χ0v) is 11.1. The zero-order valence-electron chi connectivity index (χ0n) is 9.51. The van der Waals surface area contributed by atoms with Crippen molar-refractivity contribution in [3.8, 4) is 0 Å². The first-order valence-electron chi connectivity index (χ1n) is 5.65. The molecule has 0 fully saturated rings.